The lowest BCUT2D eigenvalue weighted by Gasteiger charge is -2.25. The predicted molar refractivity (Wildman–Crippen MR) is 183 cm³/mol. The highest BCUT2D eigenvalue weighted by Crippen LogP contribution is 2.26. The van der Waals surface area contributed by atoms with Gasteiger partial charge >= 0.3 is 12.1 Å². The van der Waals surface area contributed by atoms with Gasteiger partial charge in [0, 0.05) is 51.6 Å². The number of hydrogen-bond donors (Lipinski definition) is 5. The molecule has 1 unspecified atom stereocenters. The van der Waals surface area contributed by atoms with Crippen LogP contribution < -0.4 is 27.0 Å². The molecule has 0 spiro atoms. The van der Waals surface area contributed by atoms with Gasteiger partial charge in [0.05, 0.1) is 0 Å². The number of unbranched alkanes of at least 4 members (excludes halogenated alkanes) is 2. The average molecular weight is 688 g/mol. The fourth-order valence-corrected chi connectivity index (χ4v) is 5.21. The van der Waals surface area contributed by atoms with E-state index in [4.69, 9.17) is 10.5 Å². The number of anilines is 1. The summed E-state index contributed by atoms with van der Waals surface area (Å²) >= 11 is 0. The van der Waals surface area contributed by atoms with Crippen molar-refractivity contribution < 1.29 is 38.3 Å². The van der Waals surface area contributed by atoms with E-state index in [-0.39, 0.29) is 67.9 Å². The van der Waals surface area contributed by atoms with E-state index in [0.717, 1.165) is 0 Å². The first-order chi connectivity index (χ1) is 23.1. The standard InChI is InChI=1S/C34H53N7O8/c1-21(2)25-19-28(43)41(32(25)46)18-9-7-8-12-27(42)39-29(22(3)4)31(45)38-26(11-10-17-36-33(35)47)30(44)37-24-15-13-23(14-16-24)20-49-34(48)40(5)6/h13-16,21-22,25-26,29H,7-12,17-20H2,1-6H3,(H,37,44)(H,38,45)(H,39,42)(H3,35,36,47)/t25?,26-,29-/m0/s1. The van der Waals surface area contributed by atoms with Crippen LogP contribution in [0.4, 0.5) is 15.3 Å². The fourth-order valence-electron chi connectivity index (χ4n) is 5.21. The summed E-state index contributed by atoms with van der Waals surface area (Å²) in [6, 6.07) is 4.06. The number of imide groups is 1. The molecule has 1 fully saturated rings. The minimum absolute atomic E-state index is 0.0541. The molecule has 0 aliphatic carbocycles. The minimum Gasteiger partial charge on any atom is -0.445 e. The number of nitrogens with two attached hydrogens (primary N) is 1. The number of rotatable bonds is 19. The Bertz CT molecular complexity index is 1320. The van der Waals surface area contributed by atoms with Crippen LogP contribution in [-0.2, 0) is 35.3 Å². The Labute approximate surface area is 288 Å². The topological polar surface area (TPSA) is 209 Å². The van der Waals surface area contributed by atoms with Crippen molar-refractivity contribution in [2.24, 2.45) is 23.5 Å². The largest absolute Gasteiger partial charge is 0.445 e. The SMILES string of the molecule is CC(C)C1CC(=O)N(CCCCCC(=O)N[C@H](C(=O)N[C@@H](CCCNC(N)=O)C(=O)Nc2ccc(COC(=O)N(C)C)cc2)C(C)C)C1=O. The maximum atomic E-state index is 13.4. The van der Waals surface area contributed by atoms with Crippen molar-refractivity contribution in [3.63, 3.8) is 0 Å². The quantitative estimate of drug-likeness (QED) is 0.108. The maximum Gasteiger partial charge on any atom is 0.409 e. The van der Waals surface area contributed by atoms with Crippen LogP contribution >= 0.6 is 0 Å². The van der Waals surface area contributed by atoms with Gasteiger partial charge in [-0.2, -0.15) is 0 Å². The Morgan fingerprint density at radius 3 is 2.18 bits per heavy atom. The Morgan fingerprint density at radius 2 is 1.61 bits per heavy atom. The van der Waals surface area contributed by atoms with Crippen LogP contribution in [0.25, 0.3) is 0 Å². The highest BCUT2D eigenvalue weighted by atomic mass is 16.6. The molecule has 3 atom stereocenters. The first kappa shape index (κ1) is 40.5. The van der Waals surface area contributed by atoms with E-state index in [1.54, 1.807) is 52.2 Å². The average Bonchev–Trinajstić information content (AvgIpc) is 3.32. The van der Waals surface area contributed by atoms with Gasteiger partial charge in [-0.15, -0.1) is 0 Å². The number of nitrogens with zero attached hydrogens (tertiary/aromatic N) is 2. The van der Waals surface area contributed by atoms with Crippen molar-refractivity contribution in [3.8, 4) is 0 Å². The molecule has 6 N–H and O–H groups in total. The van der Waals surface area contributed by atoms with E-state index >= 15 is 0 Å². The molecule has 0 bridgehead atoms. The molecule has 1 heterocycles. The van der Waals surface area contributed by atoms with Crippen LogP contribution in [0.5, 0.6) is 0 Å². The molecule has 0 radical (unpaired) electrons. The van der Waals surface area contributed by atoms with Crippen LogP contribution in [0.3, 0.4) is 0 Å². The minimum atomic E-state index is -0.993. The molecule has 1 aromatic carbocycles. The summed E-state index contributed by atoms with van der Waals surface area (Å²) in [6.07, 6.45) is 2.14. The van der Waals surface area contributed by atoms with Crippen molar-refractivity contribution in [1.29, 1.82) is 0 Å². The van der Waals surface area contributed by atoms with Crippen molar-refractivity contribution in [3.05, 3.63) is 29.8 Å². The number of likely N-dealkylation sites (tertiary alicyclic amines) is 1. The number of amides is 8. The lowest BCUT2D eigenvalue weighted by molar-refractivity contribution is -0.140. The summed E-state index contributed by atoms with van der Waals surface area (Å²) in [5.41, 5.74) is 6.31. The van der Waals surface area contributed by atoms with Crippen LogP contribution in [0.2, 0.25) is 0 Å². The molecule has 1 aliphatic rings. The summed E-state index contributed by atoms with van der Waals surface area (Å²) in [5.74, 6) is -2.10. The molecule has 8 amide bonds. The third-order valence-corrected chi connectivity index (χ3v) is 8.19. The second-order valence-corrected chi connectivity index (χ2v) is 13.2. The number of carbonyl (C=O) groups excluding carboxylic acids is 7. The van der Waals surface area contributed by atoms with E-state index in [0.29, 0.717) is 43.5 Å². The fraction of sp³-hybridized carbons (Fsp3) is 0.618. The van der Waals surface area contributed by atoms with Crippen LogP contribution in [-0.4, -0.2) is 90.7 Å². The van der Waals surface area contributed by atoms with Crippen LogP contribution in [0.1, 0.15) is 78.2 Å². The first-order valence-electron chi connectivity index (χ1n) is 16.8. The smallest absolute Gasteiger partial charge is 0.409 e. The molecule has 1 aliphatic heterocycles. The zero-order valence-corrected chi connectivity index (χ0v) is 29.5. The van der Waals surface area contributed by atoms with Gasteiger partial charge < -0.3 is 36.6 Å². The summed E-state index contributed by atoms with van der Waals surface area (Å²) in [5, 5.41) is 10.8. The van der Waals surface area contributed by atoms with Gasteiger partial charge in [0.1, 0.15) is 18.7 Å². The van der Waals surface area contributed by atoms with Gasteiger partial charge in [-0.3, -0.25) is 28.9 Å². The summed E-state index contributed by atoms with van der Waals surface area (Å²) in [6.45, 7) is 7.99. The van der Waals surface area contributed by atoms with Crippen LogP contribution in [0, 0.1) is 17.8 Å². The lowest BCUT2D eigenvalue weighted by Crippen LogP contribution is -2.54. The molecule has 49 heavy (non-hydrogen) atoms. The Morgan fingerprint density at radius 1 is 0.939 bits per heavy atom. The monoisotopic (exact) mass is 687 g/mol. The number of urea groups is 1. The van der Waals surface area contributed by atoms with E-state index in [1.165, 1.54) is 9.80 Å². The lowest BCUT2D eigenvalue weighted by atomic mass is 9.94. The molecule has 1 saturated heterocycles. The highest BCUT2D eigenvalue weighted by molar-refractivity contribution is 6.03. The summed E-state index contributed by atoms with van der Waals surface area (Å²) in [4.78, 5) is 89.7. The molecule has 0 saturated carbocycles. The summed E-state index contributed by atoms with van der Waals surface area (Å²) < 4.78 is 5.16. The number of nitrogens with one attached hydrogen (secondary N) is 4. The summed E-state index contributed by atoms with van der Waals surface area (Å²) in [7, 11) is 3.15. The number of primary amides is 1. The molecular formula is C34H53N7O8. The van der Waals surface area contributed by atoms with Gasteiger partial charge in [0.25, 0.3) is 0 Å². The van der Waals surface area contributed by atoms with Gasteiger partial charge in [-0.25, -0.2) is 9.59 Å². The number of carbonyl (C=O) groups is 7. The molecule has 0 aromatic heterocycles. The van der Waals surface area contributed by atoms with Crippen molar-refractivity contribution in [2.45, 2.75) is 91.3 Å². The maximum absolute atomic E-state index is 13.4. The zero-order chi connectivity index (χ0) is 36.7. The molecule has 272 valence electrons. The molecular weight excluding hydrogens is 634 g/mol. The third-order valence-electron chi connectivity index (χ3n) is 8.19. The Kier molecular flexibility index (Phi) is 16.5. The predicted octanol–water partition coefficient (Wildman–Crippen LogP) is 2.49. The normalized spacial score (nSPS) is 15.5. The van der Waals surface area contributed by atoms with Crippen molar-refractivity contribution >= 4 is 47.3 Å². The second-order valence-electron chi connectivity index (χ2n) is 13.2. The van der Waals surface area contributed by atoms with E-state index in [2.05, 4.69) is 21.3 Å². The number of benzene rings is 1. The van der Waals surface area contributed by atoms with Crippen molar-refractivity contribution in [1.82, 2.24) is 25.8 Å². The van der Waals surface area contributed by atoms with Crippen molar-refractivity contribution in [2.75, 3.05) is 32.5 Å². The van der Waals surface area contributed by atoms with Crippen LogP contribution in [0.15, 0.2) is 24.3 Å². The van der Waals surface area contributed by atoms with Gasteiger partial charge in [-0.05, 0) is 55.2 Å². The molecule has 1 aromatic rings. The molecule has 15 nitrogen and oxygen atoms in total. The zero-order valence-electron chi connectivity index (χ0n) is 29.5. The number of ether oxygens (including phenoxy) is 1. The van der Waals surface area contributed by atoms with E-state index < -0.39 is 36.0 Å². The molecule has 15 heteroatoms. The highest BCUT2D eigenvalue weighted by Gasteiger charge is 2.39. The molecule has 2 rings (SSSR count). The second kappa shape index (κ2) is 20.0. The van der Waals surface area contributed by atoms with E-state index in [9.17, 15) is 33.6 Å². The first-order valence-corrected chi connectivity index (χ1v) is 16.8. The van der Waals surface area contributed by atoms with E-state index in [1.807, 2.05) is 13.8 Å². The van der Waals surface area contributed by atoms with Gasteiger partial charge in [0.15, 0.2) is 0 Å². The Balaban J connectivity index is 1.94. The third kappa shape index (κ3) is 13.8. The van der Waals surface area contributed by atoms with Gasteiger partial charge in [0.2, 0.25) is 29.5 Å². The Hall–Kier alpha value is -4.69. The number of hydrogen-bond acceptors (Lipinski definition) is 8. The van der Waals surface area contributed by atoms with Gasteiger partial charge in [-0.1, -0.05) is 46.2 Å².